The number of carbonyl (C=O) groups is 4. The molecule has 2 aliphatic rings. The number of halogens is 1. The lowest BCUT2D eigenvalue weighted by Gasteiger charge is -2.24. The molecule has 11 nitrogen and oxygen atoms in total. The van der Waals surface area contributed by atoms with E-state index in [1.54, 1.807) is 36.1 Å². The summed E-state index contributed by atoms with van der Waals surface area (Å²) in [5, 5.41) is 8.39. The molecule has 5 rings (SSSR count). The minimum atomic E-state index is -0.772. The van der Waals surface area contributed by atoms with Gasteiger partial charge in [-0.3, -0.25) is 19.2 Å². The number of fused-ring (bicyclic) bond motifs is 16. The average molecular weight is 648 g/mol. The summed E-state index contributed by atoms with van der Waals surface area (Å²) in [4.78, 5) is 55.9. The van der Waals surface area contributed by atoms with E-state index in [0.717, 1.165) is 5.69 Å². The van der Waals surface area contributed by atoms with Crippen molar-refractivity contribution < 1.29 is 33.0 Å². The number of benzene rings is 3. The predicted molar refractivity (Wildman–Crippen MR) is 176 cm³/mol. The Bertz CT molecular complexity index is 1600. The molecule has 250 valence electrons. The molecule has 3 aromatic rings. The van der Waals surface area contributed by atoms with E-state index in [9.17, 15) is 19.2 Å². The molecular formula is C35H42FN5O6. The molecule has 47 heavy (non-hydrogen) atoms. The van der Waals surface area contributed by atoms with Crippen LogP contribution in [0.25, 0.3) is 0 Å². The second-order valence-corrected chi connectivity index (χ2v) is 11.4. The van der Waals surface area contributed by atoms with Gasteiger partial charge in [-0.1, -0.05) is 19.1 Å². The summed E-state index contributed by atoms with van der Waals surface area (Å²) in [5.41, 5.74) is 2.16. The maximum absolute atomic E-state index is 15.1. The minimum absolute atomic E-state index is 0.0352. The molecule has 0 aromatic heterocycles. The van der Waals surface area contributed by atoms with Crippen molar-refractivity contribution >= 4 is 29.3 Å². The maximum atomic E-state index is 15.1. The van der Waals surface area contributed by atoms with Crippen LogP contribution in [0.5, 0.6) is 17.2 Å². The monoisotopic (exact) mass is 647 g/mol. The lowest BCUT2D eigenvalue weighted by molar-refractivity contribution is -0.129. The molecular weight excluding hydrogens is 605 g/mol. The fourth-order valence-electron chi connectivity index (χ4n) is 5.10. The molecule has 0 fully saturated rings. The van der Waals surface area contributed by atoms with E-state index in [-0.39, 0.29) is 54.3 Å². The van der Waals surface area contributed by atoms with Gasteiger partial charge >= 0.3 is 0 Å². The average Bonchev–Trinajstić information content (AvgIpc) is 3.07. The van der Waals surface area contributed by atoms with E-state index in [1.165, 1.54) is 25.3 Å². The van der Waals surface area contributed by atoms with Crippen molar-refractivity contribution in [2.75, 3.05) is 45.7 Å². The zero-order chi connectivity index (χ0) is 33.9. The van der Waals surface area contributed by atoms with Crippen molar-refractivity contribution in [1.29, 1.82) is 0 Å². The van der Waals surface area contributed by atoms with Crippen LogP contribution in [-0.2, 0) is 16.1 Å². The third-order valence-electron chi connectivity index (χ3n) is 7.79. The van der Waals surface area contributed by atoms with E-state index in [1.807, 2.05) is 37.2 Å². The Labute approximate surface area is 274 Å². The van der Waals surface area contributed by atoms with Crippen LogP contribution in [0.15, 0.2) is 60.7 Å². The second-order valence-electron chi connectivity index (χ2n) is 11.4. The first-order valence-electron chi connectivity index (χ1n) is 15.7. The summed E-state index contributed by atoms with van der Waals surface area (Å²) in [6.07, 6.45) is 1.29. The minimum Gasteiger partial charge on any atom is -0.493 e. The highest BCUT2D eigenvalue weighted by molar-refractivity contribution is 5.96. The summed E-state index contributed by atoms with van der Waals surface area (Å²) in [7, 11) is 5.23. The van der Waals surface area contributed by atoms with Gasteiger partial charge in [-0.2, -0.15) is 0 Å². The van der Waals surface area contributed by atoms with Gasteiger partial charge in [0.15, 0.2) is 23.1 Å². The van der Waals surface area contributed by atoms with Crippen LogP contribution >= 0.6 is 0 Å². The van der Waals surface area contributed by atoms with Crippen molar-refractivity contribution in [2.24, 2.45) is 0 Å². The van der Waals surface area contributed by atoms with Crippen LogP contribution in [-0.4, -0.2) is 75.4 Å². The number of carbonyl (C=O) groups excluding carboxylic acids is 4. The molecule has 2 aliphatic heterocycles. The van der Waals surface area contributed by atoms with E-state index in [0.29, 0.717) is 49.2 Å². The van der Waals surface area contributed by atoms with Crippen molar-refractivity contribution in [3.05, 3.63) is 83.2 Å². The van der Waals surface area contributed by atoms with Gasteiger partial charge in [0.25, 0.3) is 11.8 Å². The molecule has 12 heteroatoms. The third-order valence-corrected chi connectivity index (χ3v) is 7.79. The van der Waals surface area contributed by atoms with Gasteiger partial charge in [0, 0.05) is 63.5 Å². The van der Waals surface area contributed by atoms with E-state index < -0.39 is 17.8 Å². The Balaban J connectivity index is 1.57. The van der Waals surface area contributed by atoms with Gasteiger partial charge in [0.05, 0.1) is 7.11 Å². The maximum Gasteiger partial charge on any atom is 0.253 e. The molecule has 4 amide bonds. The Kier molecular flexibility index (Phi) is 12.1. The van der Waals surface area contributed by atoms with Gasteiger partial charge in [0.1, 0.15) is 6.04 Å². The summed E-state index contributed by atoms with van der Waals surface area (Å²) in [5.74, 6) is -1.57. The van der Waals surface area contributed by atoms with Crippen LogP contribution in [0.1, 0.15) is 58.9 Å². The lowest BCUT2D eigenvalue weighted by Crippen LogP contribution is -2.46. The van der Waals surface area contributed by atoms with Crippen LogP contribution < -0.4 is 30.3 Å². The van der Waals surface area contributed by atoms with Gasteiger partial charge in [-0.15, -0.1) is 0 Å². The zero-order valence-electron chi connectivity index (χ0n) is 27.2. The van der Waals surface area contributed by atoms with Crippen LogP contribution in [0.3, 0.4) is 0 Å². The number of ether oxygens (including phenoxy) is 2. The molecule has 2 heterocycles. The molecule has 0 spiro atoms. The molecule has 0 radical (unpaired) electrons. The lowest BCUT2D eigenvalue weighted by atomic mass is 10.1. The van der Waals surface area contributed by atoms with Gasteiger partial charge in [-0.25, -0.2) is 4.39 Å². The number of nitrogens with one attached hydrogen (secondary N) is 3. The van der Waals surface area contributed by atoms with Gasteiger partial charge < -0.3 is 35.2 Å². The Morgan fingerprint density at radius 3 is 2.51 bits per heavy atom. The van der Waals surface area contributed by atoms with Gasteiger partial charge in [-0.05, 0) is 73.4 Å². The molecule has 3 aromatic carbocycles. The predicted octanol–water partition coefficient (Wildman–Crippen LogP) is 4.26. The summed E-state index contributed by atoms with van der Waals surface area (Å²) in [6, 6.07) is 15.4. The number of rotatable bonds is 4. The van der Waals surface area contributed by atoms with Crippen molar-refractivity contribution in [3.63, 3.8) is 0 Å². The smallest absolute Gasteiger partial charge is 0.253 e. The topological polar surface area (TPSA) is 129 Å². The molecule has 3 N–H and O–H groups in total. The summed E-state index contributed by atoms with van der Waals surface area (Å²) in [6.45, 7) is 2.72. The second kappa shape index (κ2) is 16.4. The van der Waals surface area contributed by atoms with Gasteiger partial charge in [0.2, 0.25) is 11.8 Å². The first-order chi connectivity index (χ1) is 22.6. The fraction of sp³-hybridized carbons (Fsp3) is 0.371. The molecule has 0 saturated heterocycles. The van der Waals surface area contributed by atoms with Crippen LogP contribution in [0.2, 0.25) is 0 Å². The van der Waals surface area contributed by atoms with Crippen molar-refractivity contribution in [2.45, 2.75) is 45.2 Å². The standard InChI is InChI=1S/C35H42FN5O6/c1-5-28-34(44)38-22-23-12-14-29(27(36)19-23)47-31-21-24(13-15-30(31)46-4)33(43)37-16-8-18-41(17-7-11-32(42)39-28)35(45)25-9-6-10-26(20-25)40(2)3/h6,9-10,12-15,19-21,28H,5,7-8,11,16-18,22H2,1-4H3,(H,37,43)(H,38,44)(H,39,42)/t28-/m0/s1. The zero-order valence-corrected chi connectivity index (χ0v) is 27.2. The highest BCUT2D eigenvalue weighted by Crippen LogP contribution is 2.34. The SMILES string of the molecule is CC[C@@H]1NC(=O)CCCN(C(=O)c2cccc(N(C)C)c2)CCCNC(=O)c2ccc(OC)c(c2)Oc2ccc(cc2F)CNC1=O. The molecule has 0 unspecified atom stereocenters. The largest absolute Gasteiger partial charge is 0.493 e. The third kappa shape index (κ3) is 9.44. The normalized spacial score (nSPS) is 16.7. The number of amides is 4. The van der Waals surface area contributed by atoms with E-state index >= 15 is 4.39 Å². The number of hydrogen-bond donors (Lipinski definition) is 3. The van der Waals surface area contributed by atoms with Crippen LogP contribution in [0.4, 0.5) is 10.1 Å². The number of hydrogen-bond acceptors (Lipinski definition) is 7. The Morgan fingerprint density at radius 1 is 1.00 bits per heavy atom. The first-order valence-corrected chi connectivity index (χ1v) is 15.7. The number of nitrogens with zero attached hydrogens (tertiary/aromatic N) is 2. The fourth-order valence-corrected chi connectivity index (χ4v) is 5.10. The number of methoxy groups -OCH3 is 1. The molecule has 1 atom stereocenters. The van der Waals surface area contributed by atoms with Crippen LogP contribution in [0, 0.1) is 5.82 Å². The summed E-state index contributed by atoms with van der Waals surface area (Å²) >= 11 is 0. The molecule has 4 bridgehead atoms. The summed E-state index contributed by atoms with van der Waals surface area (Å²) < 4.78 is 26.2. The highest BCUT2D eigenvalue weighted by atomic mass is 19.1. The highest BCUT2D eigenvalue weighted by Gasteiger charge is 2.21. The Morgan fingerprint density at radius 2 is 1.79 bits per heavy atom. The Hall–Kier alpha value is -5.13. The quantitative estimate of drug-likeness (QED) is 0.386. The first kappa shape index (κ1) is 34.7. The molecule has 0 aliphatic carbocycles. The van der Waals surface area contributed by atoms with Crippen molar-refractivity contribution in [1.82, 2.24) is 20.9 Å². The number of anilines is 1. The van der Waals surface area contributed by atoms with Crippen molar-refractivity contribution in [3.8, 4) is 17.2 Å². The van der Waals surface area contributed by atoms with E-state index in [4.69, 9.17) is 9.47 Å². The van der Waals surface area contributed by atoms with E-state index in [2.05, 4.69) is 16.0 Å². The molecule has 0 saturated carbocycles.